The number of likely N-dealkylation sites (tertiary alicyclic amines) is 1. The number of nitrogens with one attached hydrogen (secondary N) is 1. The zero-order valence-electron chi connectivity index (χ0n) is 16.0. The van der Waals surface area contributed by atoms with Crippen molar-refractivity contribution < 1.29 is 19.1 Å². The van der Waals surface area contributed by atoms with Crippen molar-refractivity contribution in [1.29, 1.82) is 0 Å². The van der Waals surface area contributed by atoms with E-state index < -0.39 is 0 Å². The van der Waals surface area contributed by atoms with Crippen LogP contribution in [0, 0.1) is 5.92 Å². The molecule has 0 aliphatic carbocycles. The van der Waals surface area contributed by atoms with Crippen molar-refractivity contribution in [2.75, 3.05) is 26.2 Å². The van der Waals surface area contributed by atoms with Crippen molar-refractivity contribution in [3.05, 3.63) is 59.1 Å². The first-order valence-electron chi connectivity index (χ1n) is 9.81. The second-order valence-corrected chi connectivity index (χ2v) is 7.78. The zero-order valence-corrected chi connectivity index (χ0v) is 16.7. The van der Waals surface area contributed by atoms with E-state index in [0.717, 1.165) is 18.6 Å². The number of nitrogens with zero attached hydrogens (tertiary/aromatic N) is 1. The molecule has 0 spiro atoms. The van der Waals surface area contributed by atoms with Gasteiger partial charge in [-0.2, -0.15) is 0 Å². The highest BCUT2D eigenvalue weighted by molar-refractivity contribution is 6.30. The van der Waals surface area contributed by atoms with Gasteiger partial charge in [0.25, 0.3) is 5.91 Å². The molecule has 2 aromatic rings. The molecule has 0 bridgehead atoms. The zero-order chi connectivity index (χ0) is 20.2. The molecule has 0 aromatic heterocycles. The van der Waals surface area contributed by atoms with Crippen molar-refractivity contribution in [2.45, 2.75) is 18.9 Å². The van der Waals surface area contributed by atoms with Crippen LogP contribution in [0.5, 0.6) is 11.5 Å². The molecule has 7 heteroatoms. The quantitative estimate of drug-likeness (QED) is 0.834. The van der Waals surface area contributed by atoms with Gasteiger partial charge in [0.2, 0.25) is 5.91 Å². The molecular weight excluding hydrogens is 392 g/mol. The second kappa shape index (κ2) is 8.74. The van der Waals surface area contributed by atoms with E-state index in [1.165, 1.54) is 0 Å². The Morgan fingerprint density at radius 2 is 1.86 bits per heavy atom. The first-order chi connectivity index (χ1) is 14.1. The van der Waals surface area contributed by atoms with E-state index in [9.17, 15) is 9.59 Å². The summed E-state index contributed by atoms with van der Waals surface area (Å²) in [5, 5.41) is 3.55. The molecule has 2 aliphatic rings. The third-order valence-corrected chi connectivity index (χ3v) is 5.49. The van der Waals surface area contributed by atoms with Gasteiger partial charge in [-0.25, -0.2) is 0 Å². The van der Waals surface area contributed by atoms with Gasteiger partial charge in [0, 0.05) is 23.7 Å². The van der Waals surface area contributed by atoms with E-state index >= 15 is 0 Å². The number of carbonyl (C=O) groups is 2. The Labute approximate surface area is 174 Å². The fraction of sp³-hybridized carbons (Fsp3) is 0.364. The number of piperidine rings is 1. The van der Waals surface area contributed by atoms with Crippen LogP contribution in [0.25, 0.3) is 0 Å². The summed E-state index contributed by atoms with van der Waals surface area (Å²) in [4.78, 5) is 27.1. The van der Waals surface area contributed by atoms with Crippen LogP contribution < -0.4 is 14.8 Å². The molecule has 1 fully saturated rings. The Morgan fingerprint density at radius 3 is 2.66 bits per heavy atom. The average Bonchev–Trinajstić information content (AvgIpc) is 2.77. The number of hydrogen-bond acceptors (Lipinski definition) is 4. The molecule has 2 aliphatic heterocycles. The van der Waals surface area contributed by atoms with Gasteiger partial charge < -0.3 is 19.7 Å². The number of halogens is 1. The van der Waals surface area contributed by atoms with E-state index in [0.29, 0.717) is 42.6 Å². The van der Waals surface area contributed by atoms with Crippen molar-refractivity contribution >= 4 is 23.4 Å². The maximum atomic E-state index is 12.7. The van der Waals surface area contributed by atoms with Gasteiger partial charge in [0.1, 0.15) is 12.7 Å². The normalized spacial score (nSPS) is 20.8. The smallest absolute Gasteiger partial charge is 0.253 e. The largest absolute Gasteiger partial charge is 0.486 e. The van der Waals surface area contributed by atoms with E-state index in [1.54, 1.807) is 29.2 Å². The first kappa shape index (κ1) is 19.6. The van der Waals surface area contributed by atoms with E-state index in [4.69, 9.17) is 21.1 Å². The van der Waals surface area contributed by atoms with Gasteiger partial charge in [-0.3, -0.25) is 9.59 Å². The summed E-state index contributed by atoms with van der Waals surface area (Å²) in [5.74, 6) is 1.06. The average molecular weight is 415 g/mol. The standard InChI is InChI=1S/C22H23ClN2O4/c23-17-9-7-15(8-10-17)22(27)25-11-3-4-16(13-25)21(26)24-12-18-14-28-19-5-1-2-6-20(19)29-18/h1-2,5-10,16,18H,3-4,11-14H2,(H,24,26)/t16-,18-/m0/s1. The molecule has 2 amide bonds. The highest BCUT2D eigenvalue weighted by atomic mass is 35.5. The van der Waals surface area contributed by atoms with Crippen LogP contribution in [0.3, 0.4) is 0 Å². The Kier molecular flexibility index (Phi) is 5.90. The lowest BCUT2D eigenvalue weighted by Gasteiger charge is -2.33. The molecule has 6 nitrogen and oxygen atoms in total. The molecule has 2 heterocycles. The van der Waals surface area contributed by atoms with Crippen LogP contribution >= 0.6 is 11.6 Å². The molecule has 152 valence electrons. The predicted octanol–water partition coefficient (Wildman–Crippen LogP) is 3.15. The van der Waals surface area contributed by atoms with Gasteiger partial charge in [-0.15, -0.1) is 0 Å². The van der Waals surface area contributed by atoms with E-state index in [1.807, 2.05) is 24.3 Å². The monoisotopic (exact) mass is 414 g/mol. The summed E-state index contributed by atoms with van der Waals surface area (Å²) in [6.45, 7) is 1.83. The van der Waals surface area contributed by atoms with Crippen LogP contribution in [-0.4, -0.2) is 49.1 Å². The van der Waals surface area contributed by atoms with Crippen LogP contribution in [0.4, 0.5) is 0 Å². The third kappa shape index (κ3) is 4.65. The topological polar surface area (TPSA) is 67.9 Å². The molecule has 2 atom stereocenters. The van der Waals surface area contributed by atoms with Crippen molar-refractivity contribution in [3.63, 3.8) is 0 Å². The fourth-order valence-electron chi connectivity index (χ4n) is 3.67. The Balaban J connectivity index is 1.30. The second-order valence-electron chi connectivity index (χ2n) is 7.34. The molecule has 1 N–H and O–H groups in total. The van der Waals surface area contributed by atoms with Gasteiger partial charge in [0.15, 0.2) is 11.5 Å². The number of benzene rings is 2. The van der Waals surface area contributed by atoms with Crippen molar-refractivity contribution in [1.82, 2.24) is 10.2 Å². The summed E-state index contributed by atoms with van der Waals surface area (Å²) in [6.07, 6.45) is 1.33. The molecule has 0 radical (unpaired) electrons. The van der Waals surface area contributed by atoms with E-state index in [2.05, 4.69) is 5.32 Å². The molecule has 4 rings (SSSR count). The lowest BCUT2D eigenvalue weighted by atomic mass is 9.96. The third-order valence-electron chi connectivity index (χ3n) is 5.24. The molecule has 0 unspecified atom stereocenters. The van der Waals surface area contributed by atoms with Gasteiger partial charge in [-0.05, 0) is 49.2 Å². The number of fused-ring (bicyclic) bond motifs is 1. The van der Waals surface area contributed by atoms with Crippen molar-refractivity contribution in [3.8, 4) is 11.5 Å². The summed E-state index contributed by atoms with van der Waals surface area (Å²) >= 11 is 5.90. The minimum atomic E-state index is -0.232. The lowest BCUT2D eigenvalue weighted by molar-refractivity contribution is -0.126. The van der Waals surface area contributed by atoms with Crippen LogP contribution in [0.2, 0.25) is 5.02 Å². The summed E-state index contributed by atoms with van der Waals surface area (Å²) in [5.41, 5.74) is 0.585. The Hall–Kier alpha value is -2.73. The molecule has 29 heavy (non-hydrogen) atoms. The number of hydrogen-bond donors (Lipinski definition) is 1. The predicted molar refractivity (Wildman–Crippen MR) is 109 cm³/mol. The highest BCUT2D eigenvalue weighted by Crippen LogP contribution is 2.30. The Bertz CT molecular complexity index is 887. The maximum Gasteiger partial charge on any atom is 0.253 e. The minimum absolute atomic E-state index is 0.0546. The van der Waals surface area contributed by atoms with Gasteiger partial charge in [0.05, 0.1) is 12.5 Å². The lowest BCUT2D eigenvalue weighted by Crippen LogP contribution is -2.48. The fourth-order valence-corrected chi connectivity index (χ4v) is 3.80. The number of amides is 2. The summed E-state index contributed by atoms with van der Waals surface area (Å²) in [7, 11) is 0. The number of para-hydroxylation sites is 2. The number of rotatable bonds is 4. The summed E-state index contributed by atoms with van der Waals surface area (Å²) < 4.78 is 11.6. The molecule has 0 saturated carbocycles. The maximum absolute atomic E-state index is 12.7. The number of carbonyl (C=O) groups excluding carboxylic acids is 2. The van der Waals surface area contributed by atoms with Crippen LogP contribution in [-0.2, 0) is 4.79 Å². The van der Waals surface area contributed by atoms with Crippen molar-refractivity contribution in [2.24, 2.45) is 5.92 Å². The Morgan fingerprint density at radius 1 is 1.10 bits per heavy atom. The highest BCUT2D eigenvalue weighted by Gasteiger charge is 2.30. The minimum Gasteiger partial charge on any atom is -0.486 e. The van der Waals surface area contributed by atoms with E-state index in [-0.39, 0.29) is 23.8 Å². The summed E-state index contributed by atoms with van der Waals surface area (Å²) in [6, 6.07) is 14.3. The van der Waals surface area contributed by atoms with Gasteiger partial charge >= 0.3 is 0 Å². The molecule has 1 saturated heterocycles. The molecular formula is C22H23ClN2O4. The molecule has 2 aromatic carbocycles. The first-order valence-corrected chi connectivity index (χ1v) is 10.2. The SMILES string of the molecule is O=C(NC[C@H]1COc2ccccc2O1)[C@H]1CCCN(C(=O)c2ccc(Cl)cc2)C1. The number of ether oxygens (including phenoxy) is 2. The van der Waals surface area contributed by atoms with Crippen LogP contribution in [0.1, 0.15) is 23.2 Å². The van der Waals surface area contributed by atoms with Crippen LogP contribution in [0.15, 0.2) is 48.5 Å². The van der Waals surface area contributed by atoms with Gasteiger partial charge in [-0.1, -0.05) is 23.7 Å².